The van der Waals surface area contributed by atoms with Gasteiger partial charge in [0.1, 0.15) is 5.82 Å². The first-order valence-corrected chi connectivity index (χ1v) is 6.56. The zero-order valence-corrected chi connectivity index (χ0v) is 12.8. The summed E-state index contributed by atoms with van der Waals surface area (Å²) in [6.07, 6.45) is 1.88. The van der Waals surface area contributed by atoms with Crippen LogP contribution in [0.5, 0.6) is 0 Å². The highest BCUT2D eigenvalue weighted by Crippen LogP contribution is 2.24. The number of hydrogen-bond donors (Lipinski definition) is 3. The first-order valence-electron chi connectivity index (χ1n) is 6.56. The van der Waals surface area contributed by atoms with Crippen LogP contribution < -0.4 is 11.1 Å². The third kappa shape index (κ3) is 3.52. The number of aliphatic hydroxyl groups is 1. The van der Waals surface area contributed by atoms with E-state index in [0.29, 0.717) is 5.82 Å². The van der Waals surface area contributed by atoms with Crippen LogP contribution in [0.25, 0.3) is 10.9 Å². The Balaban J connectivity index is 0.00000200. The number of nitrogen functional groups attached to an aromatic ring is 1. The molecule has 110 valence electrons. The van der Waals surface area contributed by atoms with Gasteiger partial charge < -0.3 is 16.2 Å². The molecule has 0 aliphatic rings. The summed E-state index contributed by atoms with van der Waals surface area (Å²) in [6, 6.07) is 5.91. The molecular weight excluding hydrogens is 272 g/mol. The Morgan fingerprint density at radius 2 is 2.10 bits per heavy atom. The minimum Gasteiger partial charge on any atom is -0.394 e. The number of nitrogens with two attached hydrogens (primary N) is 1. The van der Waals surface area contributed by atoms with Gasteiger partial charge in [0.25, 0.3) is 0 Å². The molecule has 2 rings (SSSR count). The number of aryl methyl sites for hydroxylation is 1. The summed E-state index contributed by atoms with van der Waals surface area (Å²) in [5.74, 6) is 0.941. The molecule has 0 saturated carbocycles. The van der Waals surface area contributed by atoms with E-state index < -0.39 is 0 Å². The molecule has 0 fully saturated rings. The van der Waals surface area contributed by atoms with Crippen LogP contribution in [-0.4, -0.2) is 27.7 Å². The average Bonchev–Trinajstić information content (AvgIpc) is 2.39. The fraction of sp³-hybridized carbons (Fsp3) is 0.429. The zero-order chi connectivity index (χ0) is 13.8. The van der Waals surface area contributed by atoms with E-state index in [1.165, 1.54) is 0 Å². The molecule has 6 heteroatoms. The first kappa shape index (κ1) is 16.5. The first-order chi connectivity index (χ1) is 9.15. The molecule has 0 radical (unpaired) electrons. The van der Waals surface area contributed by atoms with Gasteiger partial charge in [-0.1, -0.05) is 25.5 Å². The lowest BCUT2D eigenvalue weighted by atomic mass is 10.1. The lowest BCUT2D eigenvalue weighted by molar-refractivity contribution is 0.268. The van der Waals surface area contributed by atoms with Crippen molar-refractivity contribution in [3.8, 4) is 0 Å². The van der Waals surface area contributed by atoms with Crippen LogP contribution in [-0.2, 0) is 0 Å². The molecule has 0 aliphatic carbocycles. The van der Waals surface area contributed by atoms with Gasteiger partial charge in [0.2, 0.25) is 5.95 Å². The summed E-state index contributed by atoms with van der Waals surface area (Å²) in [6.45, 7) is 4.15. The Bertz CT molecular complexity index is 576. The van der Waals surface area contributed by atoms with Crippen LogP contribution in [0, 0.1) is 6.92 Å². The molecule has 1 atom stereocenters. The molecule has 1 aromatic carbocycles. The van der Waals surface area contributed by atoms with E-state index in [9.17, 15) is 5.11 Å². The minimum absolute atomic E-state index is 0. The zero-order valence-electron chi connectivity index (χ0n) is 11.8. The van der Waals surface area contributed by atoms with Gasteiger partial charge in [-0.15, -0.1) is 0 Å². The summed E-state index contributed by atoms with van der Waals surface area (Å²) >= 11 is 0. The molecule has 0 saturated heterocycles. The summed E-state index contributed by atoms with van der Waals surface area (Å²) in [5.41, 5.74) is 7.67. The van der Waals surface area contributed by atoms with Gasteiger partial charge in [0.05, 0.1) is 18.2 Å². The molecule has 0 spiro atoms. The fourth-order valence-corrected chi connectivity index (χ4v) is 2.17. The molecule has 1 heterocycles. The van der Waals surface area contributed by atoms with Crippen LogP contribution in [0.15, 0.2) is 18.2 Å². The number of aliphatic hydroxyl groups excluding tert-OH is 1. The number of fused-ring (bicyclic) bond motifs is 1. The normalized spacial score (nSPS) is 11.9. The molecule has 20 heavy (non-hydrogen) atoms. The maximum atomic E-state index is 9.38. The van der Waals surface area contributed by atoms with Crippen LogP contribution in [0.4, 0.5) is 11.8 Å². The molecule has 2 aromatic rings. The van der Waals surface area contributed by atoms with E-state index in [4.69, 9.17) is 5.73 Å². The molecule has 0 amide bonds. The summed E-state index contributed by atoms with van der Waals surface area (Å²) in [7, 11) is 0. The standard InChI is InChI=1S/C14H20N4O.H2S/c1-3-5-10(8-19)16-13-11-7-4-6-9(2)12(11)17-14(15)18-13;/h4,6-7,10,19H,3,5,8H2,1-2H3,(H3,15,16,17,18);1H2/t10-;/m0./s1. The van der Waals surface area contributed by atoms with Gasteiger partial charge in [0, 0.05) is 5.39 Å². The van der Waals surface area contributed by atoms with Gasteiger partial charge in [-0.05, 0) is 25.0 Å². The Hall–Kier alpha value is -1.53. The van der Waals surface area contributed by atoms with E-state index in [1.54, 1.807) is 0 Å². The Labute approximate surface area is 126 Å². The monoisotopic (exact) mass is 294 g/mol. The molecule has 0 bridgehead atoms. The Morgan fingerprint density at radius 1 is 1.35 bits per heavy atom. The van der Waals surface area contributed by atoms with Crippen molar-refractivity contribution in [1.29, 1.82) is 0 Å². The molecule has 0 unspecified atom stereocenters. The van der Waals surface area contributed by atoms with Crippen molar-refractivity contribution >= 4 is 36.2 Å². The van der Waals surface area contributed by atoms with Crippen molar-refractivity contribution in [2.45, 2.75) is 32.7 Å². The van der Waals surface area contributed by atoms with E-state index in [-0.39, 0.29) is 32.1 Å². The molecule has 4 N–H and O–H groups in total. The van der Waals surface area contributed by atoms with Crippen LogP contribution in [0.1, 0.15) is 25.3 Å². The predicted octanol–water partition coefficient (Wildman–Crippen LogP) is 2.21. The number of nitrogens with one attached hydrogen (secondary N) is 1. The van der Waals surface area contributed by atoms with E-state index in [1.807, 2.05) is 25.1 Å². The maximum Gasteiger partial charge on any atom is 0.222 e. The smallest absolute Gasteiger partial charge is 0.222 e. The highest BCUT2D eigenvalue weighted by Gasteiger charge is 2.12. The van der Waals surface area contributed by atoms with Crippen LogP contribution in [0.3, 0.4) is 0 Å². The highest BCUT2D eigenvalue weighted by molar-refractivity contribution is 7.59. The molecule has 0 aliphatic heterocycles. The quantitative estimate of drug-likeness (QED) is 0.787. The lowest BCUT2D eigenvalue weighted by Crippen LogP contribution is -2.24. The van der Waals surface area contributed by atoms with E-state index in [2.05, 4.69) is 22.2 Å². The number of hydrogen-bond acceptors (Lipinski definition) is 5. The predicted molar refractivity (Wildman–Crippen MR) is 88.5 cm³/mol. The second kappa shape index (κ2) is 7.31. The molecule has 1 aromatic heterocycles. The van der Waals surface area contributed by atoms with Crippen molar-refractivity contribution in [2.75, 3.05) is 17.7 Å². The summed E-state index contributed by atoms with van der Waals surface area (Å²) < 4.78 is 0. The second-order valence-corrected chi connectivity index (χ2v) is 4.71. The van der Waals surface area contributed by atoms with Crippen LogP contribution >= 0.6 is 13.5 Å². The number of benzene rings is 1. The third-order valence-electron chi connectivity index (χ3n) is 3.14. The second-order valence-electron chi connectivity index (χ2n) is 4.71. The lowest BCUT2D eigenvalue weighted by Gasteiger charge is -2.17. The van der Waals surface area contributed by atoms with Crippen molar-refractivity contribution in [3.63, 3.8) is 0 Å². The number of anilines is 2. The highest BCUT2D eigenvalue weighted by atomic mass is 32.1. The van der Waals surface area contributed by atoms with Crippen molar-refractivity contribution in [3.05, 3.63) is 23.8 Å². The molecular formula is C14H22N4OS. The van der Waals surface area contributed by atoms with E-state index in [0.717, 1.165) is 29.3 Å². The van der Waals surface area contributed by atoms with Gasteiger partial charge in [-0.2, -0.15) is 18.5 Å². The SMILES string of the molecule is CCC[C@@H](CO)Nc1nc(N)nc2c(C)cccc12.S. The van der Waals surface area contributed by atoms with Crippen LogP contribution in [0.2, 0.25) is 0 Å². The summed E-state index contributed by atoms with van der Waals surface area (Å²) in [4.78, 5) is 8.54. The fourth-order valence-electron chi connectivity index (χ4n) is 2.17. The number of rotatable bonds is 5. The van der Waals surface area contributed by atoms with Gasteiger partial charge >= 0.3 is 0 Å². The number of aromatic nitrogens is 2. The molecule has 5 nitrogen and oxygen atoms in total. The Kier molecular flexibility index (Phi) is 6.04. The third-order valence-corrected chi connectivity index (χ3v) is 3.14. The largest absolute Gasteiger partial charge is 0.394 e. The van der Waals surface area contributed by atoms with E-state index >= 15 is 0 Å². The minimum atomic E-state index is -0.0111. The number of para-hydroxylation sites is 1. The van der Waals surface area contributed by atoms with Crippen molar-refractivity contribution in [2.24, 2.45) is 0 Å². The number of nitrogens with zero attached hydrogens (tertiary/aromatic N) is 2. The van der Waals surface area contributed by atoms with Gasteiger partial charge in [0.15, 0.2) is 0 Å². The van der Waals surface area contributed by atoms with Gasteiger partial charge in [-0.3, -0.25) is 0 Å². The average molecular weight is 294 g/mol. The maximum absolute atomic E-state index is 9.38. The van der Waals surface area contributed by atoms with Crippen molar-refractivity contribution in [1.82, 2.24) is 9.97 Å². The van der Waals surface area contributed by atoms with Gasteiger partial charge in [-0.25, -0.2) is 4.98 Å². The Morgan fingerprint density at radius 3 is 2.75 bits per heavy atom. The topological polar surface area (TPSA) is 84.1 Å². The van der Waals surface area contributed by atoms with Crippen molar-refractivity contribution < 1.29 is 5.11 Å². The summed E-state index contributed by atoms with van der Waals surface area (Å²) in [5, 5.41) is 13.6.